The number of rotatable bonds is 15. The number of hydrogen-bond donors (Lipinski definition) is 0. The van der Waals surface area contributed by atoms with Crippen molar-refractivity contribution in [2.75, 3.05) is 0 Å². The van der Waals surface area contributed by atoms with Crippen LogP contribution in [0.1, 0.15) is 159 Å². The number of carboxylic acid groups (broad SMARTS) is 3. The van der Waals surface area contributed by atoms with Gasteiger partial charge in [-0.2, -0.15) is 0 Å². The van der Waals surface area contributed by atoms with Gasteiger partial charge in [0, 0.05) is 17.9 Å². The molecule has 0 saturated carbocycles. The molecule has 0 aliphatic rings. The minimum absolute atomic E-state index is 0. The first-order valence-corrected chi connectivity index (χ1v) is 13.8. The number of unbranched alkanes of at least 4 members (excludes halogenated alkanes) is 6. The summed E-state index contributed by atoms with van der Waals surface area (Å²) in [5.41, 5.74) is 1.13. The van der Waals surface area contributed by atoms with E-state index in [1.165, 1.54) is 19.3 Å². The van der Waals surface area contributed by atoms with Crippen molar-refractivity contribution >= 4 is 17.9 Å². The molecule has 6 nitrogen and oxygen atoms in total. The molecular formula is C30H57ErO6. The van der Waals surface area contributed by atoms with E-state index in [2.05, 4.69) is 62.3 Å². The Bertz CT molecular complexity index is 487. The predicted molar refractivity (Wildman–Crippen MR) is 143 cm³/mol. The van der Waals surface area contributed by atoms with Gasteiger partial charge in [0.25, 0.3) is 0 Å². The van der Waals surface area contributed by atoms with Crippen LogP contribution in [0.3, 0.4) is 0 Å². The van der Waals surface area contributed by atoms with Crippen LogP contribution in [-0.4, -0.2) is 17.9 Å². The van der Waals surface area contributed by atoms with Gasteiger partial charge < -0.3 is 29.7 Å². The van der Waals surface area contributed by atoms with Gasteiger partial charge in [0.15, 0.2) is 0 Å². The van der Waals surface area contributed by atoms with Crippen LogP contribution >= 0.6 is 0 Å². The Balaban J connectivity index is -0.000000218. The third-order valence-corrected chi connectivity index (χ3v) is 5.42. The number of hydrogen-bond acceptors (Lipinski definition) is 6. The van der Waals surface area contributed by atoms with Crippen LogP contribution in [0.2, 0.25) is 0 Å². The van der Waals surface area contributed by atoms with Crippen molar-refractivity contribution in [1.82, 2.24) is 0 Å². The van der Waals surface area contributed by atoms with Crippen molar-refractivity contribution in [1.29, 1.82) is 0 Å². The maximum Gasteiger partial charge on any atom is 3.00 e. The first-order valence-electron chi connectivity index (χ1n) is 13.8. The minimum Gasteiger partial charge on any atom is -0.550 e. The number of carboxylic acids is 3. The predicted octanol–water partition coefficient (Wildman–Crippen LogP) is 5.20. The van der Waals surface area contributed by atoms with Crippen molar-refractivity contribution in [2.24, 2.45) is 16.2 Å². The van der Waals surface area contributed by atoms with E-state index in [1.54, 1.807) is 0 Å². The molecule has 0 saturated heterocycles. The Morgan fingerprint density at radius 2 is 0.595 bits per heavy atom. The summed E-state index contributed by atoms with van der Waals surface area (Å²) >= 11 is 0. The average Bonchev–Trinajstić information content (AvgIpc) is 2.65. The maximum atomic E-state index is 10.0. The summed E-state index contributed by atoms with van der Waals surface area (Å²) in [6.45, 7) is 19.8. The molecule has 0 atom stereocenters. The normalized spacial score (nSPS) is 11.3. The van der Waals surface area contributed by atoms with Crippen LogP contribution in [-0.2, 0) is 14.4 Å². The van der Waals surface area contributed by atoms with Crippen LogP contribution in [0.25, 0.3) is 0 Å². The average molecular weight is 681 g/mol. The molecule has 0 unspecified atom stereocenters. The van der Waals surface area contributed by atoms with E-state index in [1.807, 2.05) is 0 Å². The topological polar surface area (TPSA) is 120 Å². The van der Waals surface area contributed by atoms with Crippen LogP contribution in [0.5, 0.6) is 0 Å². The van der Waals surface area contributed by atoms with Crippen molar-refractivity contribution in [3.63, 3.8) is 0 Å². The summed E-state index contributed by atoms with van der Waals surface area (Å²) in [5.74, 6) is -2.78. The van der Waals surface area contributed by atoms with E-state index < -0.39 is 17.9 Å². The zero-order valence-corrected chi connectivity index (χ0v) is 27.2. The Kier molecular flexibility index (Phi) is 29.1. The van der Waals surface area contributed by atoms with E-state index in [0.717, 1.165) is 57.8 Å². The van der Waals surface area contributed by atoms with Gasteiger partial charge in [0.1, 0.15) is 0 Å². The molecule has 0 spiro atoms. The Labute approximate surface area is 258 Å². The molecule has 0 rings (SSSR count). The molecule has 37 heavy (non-hydrogen) atoms. The molecule has 0 fully saturated rings. The van der Waals surface area contributed by atoms with E-state index in [9.17, 15) is 29.7 Å². The summed E-state index contributed by atoms with van der Waals surface area (Å²) in [6.07, 6.45) is 12.8. The number of carbonyl (C=O) groups is 3. The van der Waals surface area contributed by atoms with Gasteiger partial charge in [0.05, 0.1) is 0 Å². The number of carbonyl (C=O) groups excluding carboxylic acids is 3. The van der Waals surface area contributed by atoms with Gasteiger partial charge in [-0.3, -0.25) is 0 Å². The standard InChI is InChI=1S/3C10H20O2.Er/c3*1-10(2,3)8-6-4-5-7-9(11)12;/h3*4-8H2,1-3H3,(H,11,12);/q;;;+3/p-3. The first kappa shape index (κ1) is 43.7. The fourth-order valence-corrected chi connectivity index (χ4v) is 3.30. The maximum absolute atomic E-state index is 10.0. The second-order valence-corrected chi connectivity index (χ2v) is 13.5. The third kappa shape index (κ3) is 56.8. The van der Waals surface area contributed by atoms with Crippen LogP contribution in [0.4, 0.5) is 0 Å². The molecule has 0 aromatic rings. The van der Waals surface area contributed by atoms with E-state index in [0.29, 0.717) is 16.2 Å². The fourth-order valence-electron chi connectivity index (χ4n) is 3.30. The zero-order chi connectivity index (χ0) is 28.8. The van der Waals surface area contributed by atoms with Gasteiger partial charge in [-0.05, 0) is 74.0 Å². The van der Waals surface area contributed by atoms with Gasteiger partial charge in [0.2, 0.25) is 0 Å². The van der Waals surface area contributed by atoms with Gasteiger partial charge in [-0.1, -0.05) is 101 Å². The largest absolute Gasteiger partial charge is 3.00 e. The second-order valence-electron chi connectivity index (χ2n) is 13.5. The van der Waals surface area contributed by atoms with Gasteiger partial charge >= 0.3 is 37.3 Å². The second kappa shape index (κ2) is 24.7. The Morgan fingerprint density at radius 3 is 0.730 bits per heavy atom. The summed E-state index contributed by atoms with van der Waals surface area (Å²) < 4.78 is 0. The first-order chi connectivity index (χ1) is 16.2. The summed E-state index contributed by atoms with van der Waals surface area (Å²) in [4.78, 5) is 30.1. The molecule has 0 aliphatic carbocycles. The van der Waals surface area contributed by atoms with Crippen molar-refractivity contribution < 1.29 is 67.0 Å². The van der Waals surface area contributed by atoms with Crippen LogP contribution < -0.4 is 15.3 Å². The van der Waals surface area contributed by atoms with E-state index in [4.69, 9.17) is 0 Å². The van der Waals surface area contributed by atoms with E-state index >= 15 is 0 Å². The molecule has 0 aromatic carbocycles. The molecule has 0 bridgehead atoms. The molecule has 0 heterocycles. The summed E-state index contributed by atoms with van der Waals surface area (Å²) in [5, 5.41) is 30.1. The number of aliphatic carboxylic acids is 3. The monoisotopic (exact) mass is 679 g/mol. The van der Waals surface area contributed by atoms with Gasteiger partial charge in [-0.25, -0.2) is 0 Å². The molecule has 225 valence electrons. The Morgan fingerprint density at radius 1 is 0.405 bits per heavy atom. The molecule has 0 N–H and O–H groups in total. The molecule has 0 amide bonds. The fraction of sp³-hybridized carbons (Fsp3) is 0.900. The van der Waals surface area contributed by atoms with Crippen molar-refractivity contribution in [2.45, 2.75) is 159 Å². The van der Waals surface area contributed by atoms with E-state index in [-0.39, 0.29) is 56.6 Å². The van der Waals surface area contributed by atoms with Crippen molar-refractivity contribution in [3.05, 3.63) is 0 Å². The zero-order valence-electron chi connectivity index (χ0n) is 25.3. The quantitative estimate of drug-likeness (QED) is 0.220. The SMILES string of the molecule is CC(C)(C)CCCCCC(=O)[O-].CC(C)(C)CCCCCC(=O)[O-].CC(C)(C)CCCCCC(=O)[O-].[Er+3]. The minimum atomic E-state index is -0.925. The summed E-state index contributed by atoms with van der Waals surface area (Å²) in [6, 6.07) is 0. The van der Waals surface area contributed by atoms with Crippen LogP contribution in [0.15, 0.2) is 0 Å². The van der Waals surface area contributed by atoms with Gasteiger partial charge in [-0.15, -0.1) is 0 Å². The molecular weight excluding hydrogens is 624 g/mol. The smallest absolute Gasteiger partial charge is 0.550 e. The molecule has 0 aliphatic heterocycles. The molecule has 7 heteroatoms. The Hall–Kier alpha value is -0.343. The molecule has 0 aromatic heterocycles. The third-order valence-electron chi connectivity index (χ3n) is 5.42. The van der Waals surface area contributed by atoms with Crippen molar-refractivity contribution in [3.8, 4) is 0 Å². The summed E-state index contributed by atoms with van der Waals surface area (Å²) in [7, 11) is 0. The molecule has 1 radical (unpaired) electrons. The van der Waals surface area contributed by atoms with Crippen LogP contribution in [0, 0.1) is 53.6 Å².